The van der Waals surface area contributed by atoms with Gasteiger partial charge in [0.1, 0.15) is 12.6 Å². The molecule has 1 aliphatic rings. The van der Waals surface area contributed by atoms with Crippen molar-refractivity contribution in [3.8, 4) is 11.5 Å². The zero-order valence-corrected chi connectivity index (χ0v) is 23.3. The lowest BCUT2D eigenvalue weighted by atomic mass is 10.1. The molecule has 202 valence electrons. The highest BCUT2D eigenvalue weighted by Gasteiger charge is 2.31. The maximum Gasteiger partial charge on any atom is 0.244 e. The number of nitrogens with zero attached hydrogens (tertiary/aromatic N) is 2. The summed E-state index contributed by atoms with van der Waals surface area (Å²) in [6.45, 7) is 5.13. The van der Waals surface area contributed by atoms with Crippen molar-refractivity contribution in [3.63, 3.8) is 0 Å². The van der Waals surface area contributed by atoms with E-state index in [4.69, 9.17) is 32.7 Å². The molecule has 1 N–H and O–H groups in total. The zero-order chi connectivity index (χ0) is 27.2. The number of rotatable bonds is 12. The van der Waals surface area contributed by atoms with Gasteiger partial charge in [0.25, 0.3) is 0 Å². The van der Waals surface area contributed by atoms with Gasteiger partial charge >= 0.3 is 0 Å². The zero-order valence-electron chi connectivity index (χ0n) is 21.0. The van der Waals surface area contributed by atoms with Crippen molar-refractivity contribution in [1.29, 1.82) is 0 Å². The molecule has 1 heterocycles. The van der Waals surface area contributed by atoms with Crippen LogP contribution in [0.15, 0.2) is 36.4 Å². The first-order chi connectivity index (χ1) is 17.6. The van der Waals surface area contributed by atoms with Crippen LogP contribution in [0.5, 0.6) is 11.5 Å². The molecule has 37 heavy (non-hydrogen) atoms. The molecular formula is C25H31Cl2N3O6S. The average molecular weight is 573 g/mol. The Morgan fingerprint density at radius 1 is 1.05 bits per heavy atom. The molecule has 0 saturated carbocycles. The van der Waals surface area contributed by atoms with Crippen LogP contribution in [-0.2, 0) is 26.2 Å². The van der Waals surface area contributed by atoms with E-state index in [1.54, 1.807) is 37.3 Å². The maximum absolute atomic E-state index is 13.7. The van der Waals surface area contributed by atoms with E-state index >= 15 is 0 Å². The second kappa shape index (κ2) is 12.7. The van der Waals surface area contributed by atoms with Crippen molar-refractivity contribution < 1.29 is 27.5 Å². The Balaban J connectivity index is 1.92. The van der Waals surface area contributed by atoms with Crippen LogP contribution >= 0.6 is 23.2 Å². The molecule has 0 radical (unpaired) electrons. The lowest BCUT2D eigenvalue weighted by molar-refractivity contribution is -0.139. The lowest BCUT2D eigenvalue weighted by Gasteiger charge is -2.32. The van der Waals surface area contributed by atoms with Crippen LogP contribution in [0.2, 0.25) is 10.0 Å². The fraction of sp³-hybridized carbons (Fsp3) is 0.440. The topological polar surface area (TPSA) is 105 Å². The number of benzene rings is 2. The summed E-state index contributed by atoms with van der Waals surface area (Å²) < 4.78 is 37.8. The number of fused-ring (bicyclic) bond motifs is 1. The van der Waals surface area contributed by atoms with Gasteiger partial charge in [-0.3, -0.25) is 13.9 Å². The third kappa shape index (κ3) is 7.21. The van der Waals surface area contributed by atoms with Gasteiger partial charge in [-0.1, -0.05) is 42.6 Å². The van der Waals surface area contributed by atoms with Crippen molar-refractivity contribution in [2.24, 2.45) is 0 Å². The molecule has 0 spiro atoms. The number of halogens is 2. The van der Waals surface area contributed by atoms with Crippen LogP contribution < -0.4 is 19.1 Å². The first-order valence-corrected chi connectivity index (χ1v) is 14.3. The van der Waals surface area contributed by atoms with Crippen LogP contribution in [0.4, 0.5) is 5.69 Å². The quantitative estimate of drug-likeness (QED) is 0.382. The summed E-state index contributed by atoms with van der Waals surface area (Å²) in [6.07, 6.45) is 1.70. The Morgan fingerprint density at radius 2 is 1.78 bits per heavy atom. The van der Waals surface area contributed by atoms with Crippen LogP contribution in [0.25, 0.3) is 0 Å². The number of anilines is 1. The van der Waals surface area contributed by atoms with E-state index in [0.29, 0.717) is 33.7 Å². The summed E-state index contributed by atoms with van der Waals surface area (Å²) in [7, 11) is -3.86. The number of hydrogen-bond donors (Lipinski definition) is 1. The predicted octanol–water partition coefficient (Wildman–Crippen LogP) is 4.21. The first-order valence-electron chi connectivity index (χ1n) is 12.0. The summed E-state index contributed by atoms with van der Waals surface area (Å²) >= 11 is 12.2. The van der Waals surface area contributed by atoms with E-state index in [1.807, 2.05) is 6.92 Å². The van der Waals surface area contributed by atoms with Gasteiger partial charge in [-0.25, -0.2) is 8.42 Å². The minimum absolute atomic E-state index is 0.0270. The predicted molar refractivity (Wildman–Crippen MR) is 144 cm³/mol. The molecule has 0 aliphatic carbocycles. The highest BCUT2D eigenvalue weighted by atomic mass is 35.5. The number of ether oxygens (including phenoxy) is 2. The molecule has 9 nitrogen and oxygen atoms in total. The SMILES string of the molecule is CCCCNC(=O)C(C)N(Cc1ccc(Cl)c(Cl)c1)C(=O)CN(c1ccc2c(c1)OCO2)S(=O)(=O)CC. The molecule has 0 aromatic heterocycles. The van der Waals surface area contributed by atoms with E-state index in [2.05, 4.69) is 5.32 Å². The third-order valence-corrected chi connectivity index (χ3v) is 8.44. The van der Waals surface area contributed by atoms with Gasteiger partial charge in [0.05, 0.1) is 21.5 Å². The van der Waals surface area contributed by atoms with Gasteiger partial charge in [-0.05, 0) is 50.1 Å². The Bertz CT molecular complexity index is 1240. The standard InChI is InChI=1S/C25H31Cl2N3O6S/c1-4-6-11-28-25(32)17(3)29(14-18-7-9-20(26)21(27)12-18)24(31)15-30(37(33,34)5-2)19-8-10-22-23(13-19)36-16-35-22/h7-10,12-13,17H,4-6,11,14-16H2,1-3H3,(H,28,32). The lowest BCUT2D eigenvalue weighted by Crippen LogP contribution is -2.51. The van der Waals surface area contributed by atoms with Crippen molar-refractivity contribution in [2.45, 2.75) is 46.2 Å². The molecule has 1 unspecified atom stereocenters. The number of unbranched alkanes of at least 4 members (excludes halogenated alkanes) is 1. The number of nitrogens with one attached hydrogen (secondary N) is 1. The highest BCUT2D eigenvalue weighted by Crippen LogP contribution is 2.36. The monoisotopic (exact) mass is 571 g/mol. The fourth-order valence-corrected chi connectivity index (χ4v) is 5.09. The number of carbonyl (C=O) groups excluding carboxylic acids is 2. The normalized spacial score (nSPS) is 13.2. The second-order valence-corrected chi connectivity index (χ2v) is 11.5. The Hall–Kier alpha value is -2.69. The third-order valence-electron chi connectivity index (χ3n) is 5.96. The minimum Gasteiger partial charge on any atom is -0.454 e. The molecule has 3 rings (SSSR count). The molecule has 2 aromatic carbocycles. The van der Waals surface area contributed by atoms with Gasteiger partial charge < -0.3 is 19.7 Å². The number of carbonyl (C=O) groups is 2. The molecule has 2 amide bonds. The summed E-state index contributed by atoms with van der Waals surface area (Å²) in [6, 6.07) is 8.72. The van der Waals surface area contributed by atoms with Crippen LogP contribution in [-0.4, -0.2) is 56.8 Å². The van der Waals surface area contributed by atoms with Crippen LogP contribution in [0.3, 0.4) is 0 Å². The van der Waals surface area contributed by atoms with Gasteiger partial charge in [0, 0.05) is 19.2 Å². The van der Waals surface area contributed by atoms with E-state index in [-0.39, 0.29) is 30.7 Å². The van der Waals surface area contributed by atoms with E-state index in [0.717, 1.165) is 17.1 Å². The molecule has 0 fully saturated rings. The van der Waals surface area contributed by atoms with Crippen molar-refractivity contribution in [3.05, 3.63) is 52.0 Å². The van der Waals surface area contributed by atoms with E-state index in [9.17, 15) is 18.0 Å². The van der Waals surface area contributed by atoms with Gasteiger partial charge in [0.2, 0.25) is 28.6 Å². The molecule has 1 atom stereocenters. The smallest absolute Gasteiger partial charge is 0.244 e. The van der Waals surface area contributed by atoms with Crippen LogP contribution in [0, 0.1) is 0 Å². The molecule has 0 bridgehead atoms. The summed E-state index contributed by atoms with van der Waals surface area (Å²) in [4.78, 5) is 27.9. The molecule has 0 saturated heterocycles. The second-order valence-electron chi connectivity index (χ2n) is 8.54. The molecule has 2 aromatic rings. The minimum atomic E-state index is -3.86. The van der Waals surface area contributed by atoms with E-state index in [1.165, 1.54) is 17.9 Å². The van der Waals surface area contributed by atoms with Gasteiger partial charge in [-0.2, -0.15) is 0 Å². The summed E-state index contributed by atoms with van der Waals surface area (Å²) in [5, 5.41) is 3.50. The average Bonchev–Trinajstić information content (AvgIpc) is 3.35. The van der Waals surface area contributed by atoms with Gasteiger partial charge in [-0.15, -0.1) is 0 Å². The first kappa shape index (κ1) is 28.9. The van der Waals surface area contributed by atoms with Gasteiger partial charge in [0.15, 0.2) is 11.5 Å². The summed E-state index contributed by atoms with van der Waals surface area (Å²) in [5.41, 5.74) is 0.901. The molecular weight excluding hydrogens is 541 g/mol. The Morgan fingerprint density at radius 3 is 2.46 bits per heavy atom. The molecule has 1 aliphatic heterocycles. The van der Waals surface area contributed by atoms with E-state index < -0.39 is 28.5 Å². The summed E-state index contributed by atoms with van der Waals surface area (Å²) in [5.74, 6) is -0.247. The van der Waals surface area contributed by atoms with Crippen molar-refractivity contribution in [2.75, 3.05) is 29.9 Å². The number of amides is 2. The molecule has 12 heteroatoms. The van der Waals surface area contributed by atoms with Crippen LogP contribution in [0.1, 0.15) is 39.2 Å². The Kier molecular flexibility index (Phi) is 9.92. The largest absolute Gasteiger partial charge is 0.454 e. The number of hydrogen-bond acceptors (Lipinski definition) is 6. The fourth-order valence-electron chi connectivity index (χ4n) is 3.71. The number of sulfonamides is 1. The van der Waals surface area contributed by atoms with Crippen molar-refractivity contribution >= 4 is 50.7 Å². The highest BCUT2D eigenvalue weighted by molar-refractivity contribution is 7.92. The maximum atomic E-state index is 13.7. The Labute approximate surface area is 227 Å². The van der Waals surface area contributed by atoms with Crippen molar-refractivity contribution in [1.82, 2.24) is 10.2 Å².